The number of amides is 1. The summed E-state index contributed by atoms with van der Waals surface area (Å²) in [6.07, 6.45) is 0. The zero-order valence-corrected chi connectivity index (χ0v) is 17.9. The first-order valence-electron chi connectivity index (χ1n) is 7.87. The van der Waals surface area contributed by atoms with E-state index in [9.17, 15) is 4.79 Å². The molecular weight excluding hydrogens is 480 g/mol. The van der Waals surface area contributed by atoms with Crippen molar-refractivity contribution in [2.75, 3.05) is 11.1 Å². The van der Waals surface area contributed by atoms with Crippen LogP contribution in [0.1, 0.15) is 11.5 Å². The van der Waals surface area contributed by atoms with E-state index < -0.39 is 0 Å². The molecule has 1 heterocycles. The minimum atomic E-state index is -0.0533. The standard InChI is InChI=1S/C19H16Br2N2O2S/c1-12-17(23-19(25-12)13-5-3-2-4-6-13)10-26-11-18(24)22-16-8-7-14(20)9-15(16)21/h2-9H,10-11H2,1H3,(H,22,24). The van der Waals surface area contributed by atoms with Gasteiger partial charge in [-0.2, -0.15) is 0 Å². The van der Waals surface area contributed by atoms with Gasteiger partial charge in [-0.05, 0) is 53.2 Å². The predicted octanol–water partition coefficient (Wildman–Crippen LogP) is 6.05. The molecule has 2 aromatic carbocycles. The lowest BCUT2D eigenvalue weighted by Crippen LogP contribution is -2.14. The van der Waals surface area contributed by atoms with E-state index in [-0.39, 0.29) is 5.91 Å². The third-order valence-corrected chi connectivity index (χ3v) is 5.68. The summed E-state index contributed by atoms with van der Waals surface area (Å²) in [5.74, 6) is 2.31. The first-order valence-corrected chi connectivity index (χ1v) is 10.6. The molecule has 0 aliphatic rings. The fourth-order valence-electron chi connectivity index (χ4n) is 2.28. The molecule has 4 nitrogen and oxygen atoms in total. The molecule has 1 amide bonds. The quantitative estimate of drug-likeness (QED) is 0.452. The number of aryl methyl sites for hydroxylation is 1. The van der Waals surface area contributed by atoms with Crippen LogP contribution in [0.5, 0.6) is 0 Å². The number of anilines is 1. The van der Waals surface area contributed by atoms with Crippen LogP contribution in [-0.2, 0) is 10.5 Å². The topological polar surface area (TPSA) is 55.1 Å². The zero-order valence-electron chi connectivity index (χ0n) is 14.0. The molecule has 0 aliphatic heterocycles. The van der Waals surface area contributed by atoms with E-state index in [2.05, 4.69) is 42.2 Å². The number of nitrogens with zero attached hydrogens (tertiary/aromatic N) is 1. The van der Waals surface area contributed by atoms with Gasteiger partial charge < -0.3 is 9.73 Å². The Labute approximate surface area is 173 Å². The van der Waals surface area contributed by atoms with Crippen LogP contribution in [0, 0.1) is 6.92 Å². The van der Waals surface area contributed by atoms with Gasteiger partial charge in [-0.25, -0.2) is 4.98 Å². The number of carbonyl (C=O) groups is 1. The van der Waals surface area contributed by atoms with Crippen molar-refractivity contribution in [3.8, 4) is 11.5 Å². The van der Waals surface area contributed by atoms with Crippen molar-refractivity contribution in [3.05, 3.63) is 68.9 Å². The van der Waals surface area contributed by atoms with Gasteiger partial charge >= 0.3 is 0 Å². The Bertz CT molecular complexity index is 913. The summed E-state index contributed by atoms with van der Waals surface area (Å²) in [5.41, 5.74) is 2.57. The number of benzene rings is 2. The summed E-state index contributed by atoms with van der Waals surface area (Å²) in [5, 5.41) is 2.90. The first kappa shape index (κ1) is 19.2. The number of carbonyl (C=O) groups excluding carboxylic acids is 1. The second kappa shape index (κ2) is 8.88. The molecule has 26 heavy (non-hydrogen) atoms. The highest BCUT2D eigenvalue weighted by Gasteiger charge is 2.12. The van der Waals surface area contributed by atoms with Crippen LogP contribution in [0.25, 0.3) is 11.5 Å². The van der Waals surface area contributed by atoms with Crippen LogP contribution in [0.4, 0.5) is 5.69 Å². The smallest absolute Gasteiger partial charge is 0.234 e. The van der Waals surface area contributed by atoms with Gasteiger partial charge in [0.15, 0.2) is 0 Å². The Hall–Kier alpha value is -1.57. The first-order chi connectivity index (χ1) is 12.5. The van der Waals surface area contributed by atoms with Crippen molar-refractivity contribution >= 4 is 55.2 Å². The molecule has 0 saturated carbocycles. The van der Waals surface area contributed by atoms with Crippen LogP contribution in [0.15, 0.2) is 61.9 Å². The molecule has 0 bridgehead atoms. The monoisotopic (exact) mass is 494 g/mol. The number of halogens is 2. The predicted molar refractivity (Wildman–Crippen MR) is 113 cm³/mol. The largest absolute Gasteiger partial charge is 0.441 e. The second-order valence-electron chi connectivity index (χ2n) is 5.55. The fraction of sp³-hybridized carbons (Fsp3) is 0.158. The highest BCUT2D eigenvalue weighted by Crippen LogP contribution is 2.27. The Balaban J connectivity index is 1.55. The molecule has 0 radical (unpaired) electrons. The van der Waals surface area contributed by atoms with Crippen molar-refractivity contribution < 1.29 is 9.21 Å². The second-order valence-corrected chi connectivity index (χ2v) is 8.31. The molecule has 0 spiro atoms. The van der Waals surface area contributed by atoms with E-state index in [4.69, 9.17) is 4.42 Å². The summed E-state index contributed by atoms with van der Waals surface area (Å²) in [7, 11) is 0. The number of hydrogen-bond acceptors (Lipinski definition) is 4. The minimum absolute atomic E-state index is 0.0533. The lowest BCUT2D eigenvalue weighted by atomic mass is 10.2. The third-order valence-electron chi connectivity index (χ3n) is 3.59. The van der Waals surface area contributed by atoms with E-state index in [1.54, 1.807) is 0 Å². The zero-order chi connectivity index (χ0) is 18.5. The highest BCUT2D eigenvalue weighted by molar-refractivity contribution is 9.11. The maximum atomic E-state index is 12.1. The number of oxazole rings is 1. The number of rotatable bonds is 6. The summed E-state index contributed by atoms with van der Waals surface area (Å²) < 4.78 is 7.53. The maximum Gasteiger partial charge on any atom is 0.234 e. The summed E-state index contributed by atoms with van der Waals surface area (Å²) in [6, 6.07) is 15.4. The van der Waals surface area contributed by atoms with E-state index >= 15 is 0 Å². The van der Waals surface area contributed by atoms with Crippen LogP contribution in [0.2, 0.25) is 0 Å². The van der Waals surface area contributed by atoms with Gasteiger partial charge in [0.25, 0.3) is 0 Å². The number of nitrogens with one attached hydrogen (secondary N) is 1. The Morgan fingerprint density at radius 1 is 1.19 bits per heavy atom. The van der Waals surface area contributed by atoms with Crippen molar-refractivity contribution in [3.63, 3.8) is 0 Å². The Morgan fingerprint density at radius 3 is 2.69 bits per heavy atom. The average Bonchev–Trinajstić information content (AvgIpc) is 2.99. The molecule has 0 fully saturated rings. The molecule has 134 valence electrons. The summed E-state index contributed by atoms with van der Waals surface area (Å²) in [6.45, 7) is 1.90. The van der Waals surface area contributed by atoms with Gasteiger partial charge in [-0.1, -0.05) is 34.1 Å². The van der Waals surface area contributed by atoms with E-state index in [0.717, 1.165) is 31.7 Å². The fourth-order valence-corrected chi connectivity index (χ4v) is 4.25. The van der Waals surface area contributed by atoms with Crippen LogP contribution in [-0.4, -0.2) is 16.6 Å². The highest BCUT2D eigenvalue weighted by atomic mass is 79.9. The maximum absolute atomic E-state index is 12.1. The van der Waals surface area contributed by atoms with Crippen molar-refractivity contribution in [1.82, 2.24) is 4.98 Å². The van der Waals surface area contributed by atoms with Gasteiger partial charge in [0.1, 0.15) is 5.76 Å². The van der Waals surface area contributed by atoms with Gasteiger partial charge in [0, 0.05) is 20.3 Å². The van der Waals surface area contributed by atoms with Gasteiger partial charge in [0.2, 0.25) is 11.8 Å². The third kappa shape index (κ3) is 4.99. The van der Waals surface area contributed by atoms with E-state index in [0.29, 0.717) is 17.4 Å². The molecule has 1 N–H and O–H groups in total. The molecule has 3 aromatic rings. The molecule has 0 unspecified atom stereocenters. The average molecular weight is 496 g/mol. The van der Waals surface area contributed by atoms with Gasteiger partial charge in [0.05, 0.1) is 17.1 Å². The van der Waals surface area contributed by atoms with Crippen LogP contribution < -0.4 is 5.32 Å². The van der Waals surface area contributed by atoms with E-state index in [1.807, 2.05) is 55.5 Å². The Morgan fingerprint density at radius 2 is 1.96 bits per heavy atom. The number of hydrogen-bond donors (Lipinski definition) is 1. The van der Waals surface area contributed by atoms with Gasteiger partial charge in [-0.3, -0.25) is 4.79 Å². The van der Waals surface area contributed by atoms with Crippen molar-refractivity contribution in [2.24, 2.45) is 0 Å². The lowest BCUT2D eigenvalue weighted by molar-refractivity contribution is -0.113. The molecule has 7 heteroatoms. The number of aromatic nitrogens is 1. The Kier molecular flexibility index (Phi) is 6.56. The molecular formula is C19H16Br2N2O2S. The summed E-state index contributed by atoms with van der Waals surface area (Å²) in [4.78, 5) is 16.7. The van der Waals surface area contributed by atoms with Crippen LogP contribution >= 0.6 is 43.6 Å². The molecule has 1 aromatic heterocycles. The normalized spacial score (nSPS) is 10.7. The molecule has 0 atom stereocenters. The summed E-state index contributed by atoms with van der Waals surface area (Å²) >= 11 is 8.34. The lowest BCUT2D eigenvalue weighted by Gasteiger charge is -2.07. The van der Waals surface area contributed by atoms with Crippen molar-refractivity contribution in [2.45, 2.75) is 12.7 Å². The number of thioether (sulfide) groups is 1. The molecule has 0 saturated heterocycles. The molecule has 3 rings (SSSR count). The minimum Gasteiger partial charge on any atom is -0.441 e. The van der Waals surface area contributed by atoms with E-state index in [1.165, 1.54) is 11.8 Å². The van der Waals surface area contributed by atoms with Crippen molar-refractivity contribution in [1.29, 1.82) is 0 Å². The van der Waals surface area contributed by atoms with Gasteiger partial charge in [-0.15, -0.1) is 11.8 Å². The van der Waals surface area contributed by atoms with Crippen LogP contribution in [0.3, 0.4) is 0 Å². The SMILES string of the molecule is Cc1oc(-c2ccccc2)nc1CSCC(=O)Nc1ccc(Br)cc1Br. The molecule has 0 aliphatic carbocycles.